The van der Waals surface area contributed by atoms with Crippen molar-refractivity contribution in [1.29, 1.82) is 0 Å². The fourth-order valence-electron chi connectivity index (χ4n) is 6.24. The molecule has 1 atom stereocenters. The summed E-state index contributed by atoms with van der Waals surface area (Å²) in [5.74, 6) is 0.0980. The smallest absolute Gasteiger partial charge is 0.204 e. The lowest BCUT2D eigenvalue weighted by molar-refractivity contribution is -0.00403. The zero-order valence-electron chi connectivity index (χ0n) is 19.2. The number of halogens is 2. The van der Waals surface area contributed by atoms with Crippen molar-refractivity contribution in [2.24, 2.45) is 23.2 Å². The molecule has 3 rings (SSSR count). The number of hydrogen-bond donors (Lipinski definition) is 0. The quantitative estimate of drug-likeness (QED) is 0.402. The third-order valence-electron chi connectivity index (χ3n) is 7.93. The summed E-state index contributed by atoms with van der Waals surface area (Å²) in [4.78, 5) is 0. The van der Waals surface area contributed by atoms with Gasteiger partial charge < -0.3 is 9.47 Å². The first-order valence-corrected chi connectivity index (χ1v) is 12.2. The molecule has 0 bridgehead atoms. The highest BCUT2D eigenvalue weighted by Gasteiger charge is 2.44. The van der Waals surface area contributed by atoms with Crippen LogP contribution in [0.25, 0.3) is 0 Å². The fourth-order valence-corrected chi connectivity index (χ4v) is 6.24. The molecule has 0 heterocycles. The molecule has 170 valence electrons. The monoisotopic (exact) mass is 422 g/mol. The molecule has 2 saturated carbocycles. The van der Waals surface area contributed by atoms with Crippen molar-refractivity contribution in [1.82, 2.24) is 0 Å². The van der Waals surface area contributed by atoms with E-state index in [0.717, 1.165) is 24.7 Å². The summed E-state index contributed by atoms with van der Waals surface area (Å²) >= 11 is 0. The van der Waals surface area contributed by atoms with Crippen LogP contribution < -0.4 is 9.47 Å². The van der Waals surface area contributed by atoms with Crippen LogP contribution in [-0.2, 0) is 0 Å². The van der Waals surface area contributed by atoms with Crippen molar-refractivity contribution < 1.29 is 18.3 Å². The standard InChI is InChI=1S/C26H40F2O2/c1-4-9-19(3)26(16-7-6-8-17-26)21-12-10-20(11-13-21)18-30-23-15-14-22(29-5-2)24(27)25(23)28/h14-15,19-21H,4-13,16-18H2,1-3H3/t19?,20-,21-. The van der Waals surface area contributed by atoms with E-state index in [0.29, 0.717) is 24.5 Å². The fraction of sp³-hybridized carbons (Fsp3) is 0.769. The molecule has 2 nitrogen and oxygen atoms in total. The second-order valence-corrected chi connectivity index (χ2v) is 9.64. The highest BCUT2D eigenvalue weighted by molar-refractivity contribution is 5.35. The van der Waals surface area contributed by atoms with Gasteiger partial charge in [-0.15, -0.1) is 0 Å². The Bertz CT molecular complexity index is 661. The average Bonchev–Trinajstić information content (AvgIpc) is 2.77. The van der Waals surface area contributed by atoms with Crippen LogP contribution in [0, 0.1) is 34.8 Å². The third kappa shape index (κ3) is 5.11. The third-order valence-corrected chi connectivity index (χ3v) is 7.93. The summed E-state index contributed by atoms with van der Waals surface area (Å²) in [5.41, 5.74) is 0.532. The van der Waals surface area contributed by atoms with Gasteiger partial charge in [0.15, 0.2) is 11.5 Å². The molecule has 4 heteroatoms. The summed E-state index contributed by atoms with van der Waals surface area (Å²) in [6.07, 6.45) is 14.4. The lowest BCUT2D eigenvalue weighted by Gasteiger charge is -2.50. The van der Waals surface area contributed by atoms with Crippen LogP contribution in [0.2, 0.25) is 0 Å². The van der Waals surface area contributed by atoms with Crippen LogP contribution in [0.1, 0.15) is 91.4 Å². The van der Waals surface area contributed by atoms with Gasteiger partial charge in [0, 0.05) is 0 Å². The van der Waals surface area contributed by atoms with E-state index in [9.17, 15) is 8.78 Å². The molecule has 0 aromatic heterocycles. The molecular weight excluding hydrogens is 382 g/mol. The molecule has 1 unspecified atom stereocenters. The van der Waals surface area contributed by atoms with Gasteiger partial charge in [-0.25, -0.2) is 0 Å². The average molecular weight is 423 g/mol. The first kappa shape index (κ1) is 23.3. The number of hydrogen-bond acceptors (Lipinski definition) is 2. The Labute approximate surface area is 181 Å². The molecule has 1 aromatic rings. The van der Waals surface area contributed by atoms with E-state index in [2.05, 4.69) is 13.8 Å². The Kier molecular flexibility index (Phi) is 8.42. The Morgan fingerprint density at radius 2 is 1.53 bits per heavy atom. The second kappa shape index (κ2) is 10.8. The van der Waals surface area contributed by atoms with Crippen molar-refractivity contribution in [2.45, 2.75) is 91.4 Å². The molecule has 0 spiro atoms. The second-order valence-electron chi connectivity index (χ2n) is 9.64. The van der Waals surface area contributed by atoms with E-state index < -0.39 is 11.6 Å². The van der Waals surface area contributed by atoms with E-state index in [4.69, 9.17) is 9.47 Å². The first-order chi connectivity index (χ1) is 14.5. The van der Waals surface area contributed by atoms with Crippen molar-refractivity contribution >= 4 is 0 Å². The predicted octanol–water partition coefficient (Wildman–Crippen LogP) is 7.94. The summed E-state index contributed by atoms with van der Waals surface area (Å²) in [7, 11) is 0. The first-order valence-electron chi connectivity index (χ1n) is 12.2. The van der Waals surface area contributed by atoms with Gasteiger partial charge in [-0.3, -0.25) is 0 Å². The molecule has 2 aliphatic rings. The minimum atomic E-state index is -0.956. The lowest BCUT2D eigenvalue weighted by atomic mass is 9.55. The molecule has 30 heavy (non-hydrogen) atoms. The Morgan fingerprint density at radius 1 is 0.933 bits per heavy atom. The molecule has 0 N–H and O–H groups in total. The van der Waals surface area contributed by atoms with Gasteiger partial charge in [-0.1, -0.05) is 46.0 Å². The highest BCUT2D eigenvalue weighted by Crippen LogP contribution is 2.54. The van der Waals surface area contributed by atoms with Crippen LogP contribution in [0.5, 0.6) is 11.5 Å². The molecule has 0 saturated heterocycles. The van der Waals surface area contributed by atoms with Crippen LogP contribution in [-0.4, -0.2) is 13.2 Å². The van der Waals surface area contributed by atoms with Crippen LogP contribution in [0.4, 0.5) is 8.78 Å². The van der Waals surface area contributed by atoms with Crippen LogP contribution in [0.15, 0.2) is 12.1 Å². The van der Waals surface area contributed by atoms with Crippen molar-refractivity contribution in [3.63, 3.8) is 0 Å². The molecule has 1 aromatic carbocycles. The minimum absolute atomic E-state index is 0.00149. The predicted molar refractivity (Wildman–Crippen MR) is 118 cm³/mol. The van der Waals surface area contributed by atoms with E-state index >= 15 is 0 Å². The normalized spacial score (nSPS) is 25.0. The van der Waals surface area contributed by atoms with Crippen molar-refractivity contribution in [3.8, 4) is 11.5 Å². The number of benzene rings is 1. The highest BCUT2D eigenvalue weighted by atomic mass is 19.2. The zero-order chi connectivity index (χ0) is 21.6. The molecule has 0 aliphatic heterocycles. The van der Waals surface area contributed by atoms with Gasteiger partial charge in [0.25, 0.3) is 0 Å². The maximum atomic E-state index is 14.3. The van der Waals surface area contributed by atoms with Gasteiger partial charge in [-0.2, -0.15) is 8.78 Å². The van der Waals surface area contributed by atoms with E-state index in [1.165, 1.54) is 69.9 Å². The number of ether oxygens (including phenoxy) is 2. The Balaban J connectivity index is 1.56. The Morgan fingerprint density at radius 3 is 2.10 bits per heavy atom. The topological polar surface area (TPSA) is 18.5 Å². The minimum Gasteiger partial charge on any atom is -0.491 e. The van der Waals surface area contributed by atoms with Gasteiger partial charge in [0.1, 0.15) is 0 Å². The largest absolute Gasteiger partial charge is 0.491 e. The van der Waals surface area contributed by atoms with E-state index in [-0.39, 0.29) is 11.5 Å². The Hall–Kier alpha value is -1.32. The van der Waals surface area contributed by atoms with Crippen molar-refractivity contribution in [2.75, 3.05) is 13.2 Å². The van der Waals surface area contributed by atoms with Gasteiger partial charge >= 0.3 is 0 Å². The summed E-state index contributed by atoms with van der Waals surface area (Å²) in [5, 5.41) is 0. The molecular formula is C26H40F2O2. The summed E-state index contributed by atoms with van der Waals surface area (Å²) < 4.78 is 39.2. The zero-order valence-corrected chi connectivity index (χ0v) is 19.2. The van der Waals surface area contributed by atoms with Crippen LogP contribution >= 0.6 is 0 Å². The maximum absolute atomic E-state index is 14.3. The summed E-state index contributed by atoms with van der Waals surface area (Å²) in [6.45, 7) is 7.32. The molecule has 0 radical (unpaired) electrons. The molecule has 2 aliphatic carbocycles. The maximum Gasteiger partial charge on any atom is 0.204 e. The molecule has 0 amide bonds. The van der Waals surface area contributed by atoms with Crippen molar-refractivity contribution in [3.05, 3.63) is 23.8 Å². The molecule has 2 fully saturated rings. The van der Waals surface area contributed by atoms with E-state index in [1.54, 1.807) is 6.92 Å². The van der Waals surface area contributed by atoms with E-state index in [1.807, 2.05) is 0 Å². The number of rotatable bonds is 9. The lowest BCUT2D eigenvalue weighted by Crippen LogP contribution is -2.41. The van der Waals surface area contributed by atoms with Crippen LogP contribution in [0.3, 0.4) is 0 Å². The summed E-state index contributed by atoms with van der Waals surface area (Å²) in [6, 6.07) is 2.94. The SMILES string of the molecule is CCCC(C)C1([C@H]2CC[C@H](COc3ccc(OCC)c(F)c3F)CC2)CCCCC1. The van der Waals surface area contributed by atoms with Gasteiger partial charge in [0.2, 0.25) is 11.6 Å². The van der Waals surface area contributed by atoms with Gasteiger partial charge in [-0.05, 0) is 80.8 Å². The van der Waals surface area contributed by atoms with Gasteiger partial charge in [0.05, 0.1) is 13.2 Å².